The van der Waals surface area contributed by atoms with Gasteiger partial charge in [0, 0.05) is 61.1 Å². The molecule has 4 aromatic rings. The van der Waals surface area contributed by atoms with E-state index < -0.39 is 16.6 Å². The Morgan fingerprint density at radius 2 is 1.95 bits per heavy atom. The third-order valence-corrected chi connectivity index (χ3v) is 5.75. The van der Waals surface area contributed by atoms with Crippen molar-refractivity contribution < 1.29 is 19.2 Å². The van der Waals surface area contributed by atoms with Gasteiger partial charge in [0.1, 0.15) is 17.0 Å². The van der Waals surface area contributed by atoms with Crippen LogP contribution in [0.15, 0.2) is 54.9 Å². The number of methoxy groups -OCH3 is 1. The Morgan fingerprint density at radius 3 is 2.67 bits per heavy atom. The number of amides is 1. The largest absolute Gasteiger partial charge is 0.494 e. The summed E-state index contributed by atoms with van der Waals surface area (Å²) in [5, 5.41) is 19.0. The number of H-pyrrole nitrogens is 1. The summed E-state index contributed by atoms with van der Waals surface area (Å²) in [4.78, 5) is 37.1. The molecule has 3 N–H and O–H groups in total. The number of carbonyl (C=O) groups is 1. The molecule has 0 fully saturated rings. The smallest absolute Gasteiger partial charge is 0.410 e. The average Bonchev–Trinajstić information content (AvgIpc) is 3.32. The van der Waals surface area contributed by atoms with E-state index in [1.165, 1.54) is 24.1 Å². The van der Waals surface area contributed by atoms with E-state index in [1.54, 1.807) is 40.1 Å². The highest BCUT2D eigenvalue weighted by molar-refractivity contribution is 5.94. The molecule has 0 saturated heterocycles. The molecule has 0 unspecified atom stereocenters. The number of aromatic amines is 1. The molecule has 39 heavy (non-hydrogen) atoms. The molecule has 0 spiro atoms. The number of fused-ring (bicyclic) bond motifs is 1. The van der Waals surface area contributed by atoms with E-state index in [-0.39, 0.29) is 30.4 Å². The molecule has 0 aliphatic rings. The molecule has 12 nitrogen and oxygen atoms in total. The predicted octanol–water partition coefficient (Wildman–Crippen LogP) is 5.56. The number of rotatable bonds is 9. The molecule has 12 heteroatoms. The van der Waals surface area contributed by atoms with Gasteiger partial charge in [0.25, 0.3) is 5.69 Å². The SMILES string of the molecule is COc1cc(NCCN(C)C(=O)OC(C)(C)C)c([N+](=O)[O-])cc1Nc1nccc(-c2c[nH]c3ccccc23)n1. The number of benzene rings is 2. The first-order chi connectivity index (χ1) is 18.6. The Balaban J connectivity index is 1.53. The predicted molar refractivity (Wildman–Crippen MR) is 150 cm³/mol. The van der Waals surface area contributed by atoms with Crippen LogP contribution in [0.5, 0.6) is 5.75 Å². The number of likely N-dealkylation sites (N-methyl/N-ethyl adjacent to an activating group) is 1. The van der Waals surface area contributed by atoms with Gasteiger partial charge >= 0.3 is 6.09 Å². The molecule has 0 aliphatic carbocycles. The number of nitrogens with one attached hydrogen (secondary N) is 3. The molecular formula is C27H31N7O5. The molecular weight excluding hydrogens is 502 g/mol. The second kappa shape index (κ2) is 11.3. The van der Waals surface area contributed by atoms with Crippen molar-refractivity contribution in [3.05, 3.63) is 65.0 Å². The molecule has 0 aliphatic heterocycles. The van der Waals surface area contributed by atoms with Crippen LogP contribution in [0, 0.1) is 10.1 Å². The third-order valence-electron chi connectivity index (χ3n) is 5.75. The third kappa shape index (κ3) is 6.53. The first kappa shape index (κ1) is 27.2. The van der Waals surface area contributed by atoms with Crippen LogP contribution in [-0.4, -0.2) is 63.7 Å². The minimum absolute atomic E-state index is 0.175. The standard InChI is InChI=1S/C27H31N7O5/c1-27(2,3)39-26(35)33(4)13-12-28-21-15-24(38-5)22(14-23(21)34(36)37)32-25-29-11-10-20(31-25)18-16-30-19-9-7-6-8-17(18)19/h6-11,14-16,28,30H,12-13H2,1-5H3,(H,29,31,32). The fourth-order valence-corrected chi connectivity index (χ4v) is 3.89. The lowest BCUT2D eigenvalue weighted by Crippen LogP contribution is -2.36. The van der Waals surface area contributed by atoms with E-state index in [2.05, 4.69) is 25.6 Å². The Bertz CT molecular complexity index is 1500. The topological polar surface area (TPSA) is 148 Å². The van der Waals surface area contributed by atoms with Crippen LogP contribution in [0.2, 0.25) is 0 Å². The average molecular weight is 534 g/mol. The lowest BCUT2D eigenvalue weighted by Gasteiger charge is -2.24. The van der Waals surface area contributed by atoms with Gasteiger partial charge in [-0.1, -0.05) is 18.2 Å². The fraction of sp³-hybridized carbons (Fsp3) is 0.296. The number of anilines is 3. The van der Waals surface area contributed by atoms with Gasteiger partial charge in [0.15, 0.2) is 0 Å². The maximum atomic E-state index is 12.2. The zero-order valence-corrected chi connectivity index (χ0v) is 22.4. The van der Waals surface area contributed by atoms with Crippen LogP contribution in [0.25, 0.3) is 22.2 Å². The van der Waals surface area contributed by atoms with Crippen LogP contribution in [-0.2, 0) is 4.74 Å². The molecule has 0 bridgehead atoms. The first-order valence-electron chi connectivity index (χ1n) is 12.3. The van der Waals surface area contributed by atoms with Gasteiger partial charge in [-0.25, -0.2) is 14.8 Å². The number of carbonyl (C=O) groups excluding carboxylic acids is 1. The molecule has 2 heterocycles. The maximum Gasteiger partial charge on any atom is 0.410 e. The van der Waals surface area contributed by atoms with Crippen molar-refractivity contribution in [3.8, 4) is 17.0 Å². The molecule has 2 aromatic heterocycles. The van der Waals surface area contributed by atoms with Gasteiger partial charge in [-0.05, 0) is 32.9 Å². The molecule has 204 valence electrons. The lowest BCUT2D eigenvalue weighted by molar-refractivity contribution is -0.383. The van der Waals surface area contributed by atoms with Crippen molar-refractivity contribution in [3.63, 3.8) is 0 Å². The van der Waals surface area contributed by atoms with Crippen molar-refractivity contribution in [2.45, 2.75) is 26.4 Å². The number of nitrogens with zero attached hydrogens (tertiary/aromatic N) is 4. The number of hydrogen-bond donors (Lipinski definition) is 3. The van der Waals surface area contributed by atoms with Crippen LogP contribution >= 0.6 is 0 Å². The molecule has 0 radical (unpaired) electrons. The number of para-hydroxylation sites is 1. The molecule has 0 saturated carbocycles. The zero-order chi connectivity index (χ0) is 28.2. The minimum atomic E-state index is -0.619. The number of aromatic nitrogens is 3. The van der Waals surface area contributed by atoms with Crippen LogP contribution in [0.1, 0.15) is 20.8 Å². The molecule has 2 aromatic carbocycles. The number of nitro groups is 1. The van der Waals surface area contributed by atoms with E-state index in [0.29, 0.717) is 17.1 Å². The van der Waals surface area contributed by atoms with Crippen molar-refractivity contribution in [1.82, 2.24) is 19.9 Å². The van der Waals surface area contributed by atoms with Crippen LogP contribution in [0.4, 0.5) is 27.8 Å². The van der Waals surface area contributed by atoms with E-state index in [4.69, 9.17) is 9.47 Å². The van der Waals surface area contributed by atoms with Crippen molar-refractivity contribution >= 4 is 40.0 Å². The number of nitro benzene ring substituents is 1. The van der Waals surface area contributed by atoms with Crippen molar-refractivity contribution in [2.75, 3.05) is 37.9 Å². The lowest BCUT2D eigenvalue weighted by atomic mass is 10.1. The van der Waals surface area contributed by atoms with Crippen LogP contribution < -0.4 is 15.4 Å². The van der Waals surface area contributed by atoms with Gasteiger partial charge in [0.05, 0.1) is 23.4 Å². The second-order valence-corrected chi connectivity index (χ2v) is 9.79. The summed E-state index contributed by atoms with van der Waals surface area (Å²) < 4.78 is 10.8. The van der Waals surface area contributed by atoms with E-state index >= 15 is 0 Å². The second-order valence-electron chi connectivity index (χ2n) is 9.79. The zero-order valence-electron chi connectivity index (χ0n) is 22.4. The Labute approximate surface area is 225 Å². The van der Waals surface area contributed by atoms with E-state index in [1.807, 2.05) is 30.5 Å². The van der Waals surface area contributed by atoms with Gasteiger partial charge in [0.2, 0.25) is 5.95 Å². The molecule has 0 atom stereocenters. The van der Waals surface area contributed by atoms with Crippen LogP contribution in [0.3, 0.4) is 0 Å². The highest BCUT2D eigenvalue weighted by Crippen LogP contribution is 2.37. The van der Waals surface area contributed by atoms with Gasteiger partial charge in [-0.2, -0.15) is 0 Å². The monoisotopic (exact) mass is 533 g/mol. The highest BCUT2D eigenvalue weighted by Gasteiger charge is 2.22. The number of ether oxygens (including phenoxy) is 2. The summed E-state index contributed by atoms with van der Waals surface area (Å²) in [5.41, 5.74) is 2.36. The van der Waals surface area contributed by atoms with Gasteiger partial charge < -0.3 is 30.0 Å². The van der Waals surface area contributed by atoms with E-state index in [0.717, 1.165) is 16.5 Å². The summed E-state index contributed by atoms with van der Waals surface area (Å²) >= 11 is 0. The van der Waals surface area contributed by atoms with Gasteiger partial charge in [-0.15, -0.1) is 0 Å². The first-order valence-corrected chi connectivity index (χ1v) is 12.3. The van der Waals surface area contributed by atoms with Gasteiger partial charge in [-0.3, -0.25) is 10.1 Å². The Kier molecular flexibility index (Phi) is 7.84. The molecule has 1 amide bonds. The molecule has 4 rings (SSSR count). The summed E-state index contributed by atoms with van der Waals surface area (Å²) in [6.45, 7) is 5.87. The highest BCUT2D eigenvalue weighted by atomic mass is 16.6. The summed E-state index contributed by atoms with van der Waals surface area (Å²) in [6, 6.07) is 12.6. The summed E-state index contributed by atoms with van der Waals surface area (Å²) in [6.07, 6.45) is 3.01. The Morgan fingerprint density at radius 1 is 1.18 bits per heavy atom. The van der Waals surface area contributed by atoms with E-state index in [9.17, 15) is 14.9 Å². The quantitative estimate of drug-likeness (QED) is 0.186. The van der Waals surface area contributed by atoms with Crippen molar-refractivity contribution in [1.29, 1.82) is 0 Å². The summed E-state index contributed by atoms with van der Waals surface area (Å²) in [5.74, 6) is 0.606. The van der Waals surface area contributed by atoms with Crippen molar-refractivity contribution in [2.24, 2.45) is 0 Å². The maximum absolute atomic E-state index is 12.2. The summed E-state index contributed by atoms with van der Waals surface area (Å²) in [7, 11) is 3.07. The normalized spacial score (nSPS) is 11.2. The number of hydrogen-bond acceptors (Lipinski definition) is 9. The Hall–Kier alpha value is -4.87. The minimum Gasteiger partial charge on any atom is -0.494 e. The fourth-order valence-electron chi connectivity index (χ4n) is 3.89.